The Labute approximate surface area is 319 Å². The van der Waals surface area contributed by atoms with Crippen LogP contribution in [0.15, 0.2) is 200 Å². The molecule has 8 aromatic carbocycles. The van der Waals surface area contributed by atoms with E-state index in [1.165, 1.54) is 22.3 Å². The Bertz CT molecular complexity index is 2870. The average Bonchev–Trinajstić information content (AvgIpc) is 3.70. The molecule has 53 heavy (non-hydrogen) atoms. The van der Waals surface area contributed by atoms with E-state index >= 15 is 0 Å². The van der Waals surface area contributed by atoms with Crippen LogP contribution in [0.2, 0.25) is 0 Å². The van der Waals surface area contributed by atoms with Crippen LogP contribution in [0.3, 0.4) is 0 Å². The quantitative estimate of drug-likeness (QED) is 0.169. The first kappa shape index (κ1) is 26.4. The maximum absolute atomic E-state index is 9.40. The summed E-state index contributed by atoms with van der Waals surface area (Å²) >= 11 is 0. The van der Waals surface area contributed by atoms with Crippen molar-refractivity contribution in [2.45, 2.75) is 24.7 Å². The second kappa shape index (κ2) is 12.1. The van der Waals surface area contributed by atoms with Gasteiger partial charge in [-0.2, -0.15) is 0 Å². The van der Waals surface area contributed by atoms with Crippen LogP contribution in [-0.2, 0) is 10.8 Å². The van der Waals surface area contributed by atoms with Gasteiger partial charge in [0, 0.05) is 22.4 Å². The van der Waals surface area contributed by atoms with Gasteiger partial charge in [0.15, 0.2) is 0 Å². The average molecular weight is 683 g/mol. The lowest BCUT2D eigenvalue weighted by atomic mass is 9.67. The van der Waals surface area contributed by atoms with Crippen molar-refractivity contribution in [3.05, 3.63) is 233 Å². The van der Waals surface area contributed by atoms with E-state index in [4.69, 9.17) is 4.11 Å². The van der Waals surface area contributed by atoms with E-state index in [-0.39, 0.29) is 35.3 Å². The van der Waals surface area contributed by atoms with Crippen molar-refractivity contribution in [1.29, 1.82) is 0 Å². The molecule has 0 fully saturated rings. The second-order valence-electron chi connectivity index (χ2n) is 14.5. The minimum Gasteiger partial charge on any atom is -0.310 e. The van der Waals surface area contributed by atoms with Crippen LogP contribution in [0.25, 0.3) is 33.4 Å². The van der Waals surface area contributed by atoms with Gasteiger partial charge in [-0.05, 0) is 91.5 Å². The summed E-state index contributed by atoms with van der Waals surface area (Å²) < 4.78 is 45.1. The number of benzene rings is 8. The van der Waals surface area contributed by atoms with Gasteiger partial charge in [-0.3, -0.25) is 0 Å². The Morgan fingerprint density at radius 3 is 1.60 bits per heavy atom. The highest BCUT2D eigenvalue weighted by molar-refractivity contribution is 5.96. The zero-order chi connectivity index (χ0) is 39.9. The minimum atomic E-state index is -0.703. The van der Waals surface area contributed by atoms with Gasteiger partial charge in [0.2, 0.25) is 0 Å². The SMILES string of the molecule is [2H]c1c([2H])c([2H])c(N(c2ccc3c(c2)C(c2ccccc2)(c2ccccc2)c2ccccc2-3)c2ccccc2-c2cccc3c2C(C)(C)c2ccccc2-3)c([2H])c1[2H]. The molecule has 1 heteroatoms. The van der Waals surface area contributed by atoms with Crippen molar-refractivity contribution < 1.29 is 6.85 Å². The molecule has 2 aliphatic rings. The normalized spacial score (nSPS) is 15.5. The molecule has 0 saturated carbocycles. The molecule has 252 valence electrons. The van der Waals surface area contributed by atoms with Crippen LogP contribution in [-0.4, -0.2) is 0 Å². The molecular formula is C52H39N. The molecule has 0 atom stereocenters. The molecule has 0 saturated heterocycles. The highest BCUT2D eigenvalue weighted by Gasteiger charge is 2.46. The number of hydrogen-bond donors (Lipinski definition) is 0. The molecule has 0 spiro atoms. The predicted octanol–water partition coefficient (Wildman–Crippen LogP) is 13.5. The Balaban J connectivity index is 1.30. The van der Waals surface area contributed by atoms with E-state index in [1.54, 1.807) is 0 Å². The van der Waals surface area contributed by atoms with Gasteiger partial charge < -0.3 is 4.90 Å². The lowest BCUT2D eigenvalue weighted by Crippen LogP contribution is -2.28. The minimum absolute atomic E-state index is 0.0917. The molecule has 0 heterocycles. The lowest BCUT2D eigenvalue weighted by Gasteiger charge is -2.35. The highest BCUT2D eigenvalue weighted by Crippen LogP contribution is 2.58. The van der Waals surface area contributed by atoms with E-state index in [9.17, 15) is 2.74 Å². The fourth-order valence-electron chi connectivity index (χ4n) is 9.28. The van der Waals surface area contributed by atoms with Gasteiger partial charge in [-0.15, -0.1) is 0 Å². The number of nitrogens with zero attached hydrogens (tertiary/aromatic N) is 1. The number of rotatable bonds is 6. The third-order valence-electron chi connectivity index (χ3n) is 11.4. The maximum Gasteiger partial charge on any atom is 0.0714 e. The fraction of sp³-hybridized carbons (Fsp3) is 0.0769. The van der Waals surface area contributed by atoms with Gasteiger partial charge in [0.05, 0.1) is 18.0 Å². The number of hydrogen-bond acceptors (Lipinski definition) is 1. The van der Waals surface area contributed by atoms with Crippen molar-refractivity contribution in [2.75, 3.05) is 4.90 Å². The van der Waals surface area contributed by atoms with Crippen LogP contribution in [0.5, 0.6) is 0 Å². The van der Waals surface area contributed by atoms with Gasteiger partial charge >= 0.3 is 0 Å². The van der Waals surface area contributed by atoms with E-state index in [0.717, 1.165) is 44.5 Å². The summed E-state index contributed by atoms with van der Waals surface area (Å²) in [7, 11) is 0. The van der Waals surface area contributed by atoms with Gasteiger partial charge in [0.25, 0.3) is 0 Å². The Morgan fingerprint density at radius 2 is 0.925 bits per heavy atom. The van der Waals surface area contributed by atoms with Gasteiger partial charge in [-0.1, -0.05) is 184 Å². The fourth-order valence-corrected chi connectivity index (χ4v) is 9.28. The Morgan fingerprint density at radius 1 is 0.415 bits per heavy atom. The first-order valence-corrected chi connectivity index (χ1v) is 18.2. The molecule has 1 nitrogen and oxygen atoms in total. The molecular weight excluding hydrogens is 639 g/mol. The highest BCUT2D eigenvalue weighted by atomic mass is 15.1. The van der Waals surface area contributed by atoms with Crippen LogP contribution in [0, 0.1) is 0 Å². The molecule has 2 aliphatic carbocycles. The molecule has 0 amide bonds. The van der Waals surface area contributed by atoms with E-state index in [0.29, 0.717) is 11.4 Å². The maximum atomic E-state index is 9.40. The largest absolute Gasteiger partial charge is 0.310 e. The summed E-state index contributed by atoms with van der Waals surface area (Å²) in [6.07, 6.45) is 0. The zero-order valence-electron chi connectivity index (χ0n) is 34.6. The molecule has 0 unspecified atom stereocenters. The molecule has 8 aromatic rings. The summed E-state index contributed by atoms with van der Waals surface area (Å²) in [5, 5.41) is 0. The van der Waals surface area contributed by atoms with Crippen LogP contribution < -0.4 is 4.90 Å². The van der Waals surface area contributed by atoms with Gasteiger partial charge in [-0.25, -0.2) is 0 Å². The topological polar surface area (TPSA) is 3.24 Å². The van der Waals surface area contributed by atoms with E-state index in [2.05, 4.69) is 147 Å². The molecule has 0 bridgehead atoms. The molecule has 0 aromatic heterocycles. The Kier molecular flexibility index (Phi) is 6.00. The van der Waals surface area contributed by atoms with Crippen molar-refractivity contribution in [1.82, 2.24) is 0 Å². The smallest absolute Gasteiger partial charge is 0.0714 e. The Hall–Kier alpha value is -6.44. The second-order valence-corrected chi connectivity index (χ2v) is 14.5. The van der Waals surface area contributed by atoms with E-state index in [1.807, 2.05) is 41.3 Å². The summed E-state index contributed by atoms with van der Waals surface area (Å²) in [5.41, 5.74) is 13.9. The predicted molar refractivity (Wildman–Crippen MR) is 221 cm³/mol. The standard InChI is InChI=1S/C52H39N/c1-51(2)46-30-15-12-26-41(46)44-28-18-29-45(50(44)51)43-27-14-17-32-49(43)53(38-23-10-5-11-24-38)39-33-34-42-40-25-13-16-31-47(40)52(48(42)35-39,36-19-6-3-7-20-36)37-21-8-4-9-22-37/h3-35H,1-2H3/i5D,10D,11D,23D,24D. The van der Waals surface area contributed by atoms with Crippen molar-refractivity contribution in [3.63, 3.8) is 0 Å². The lowest BCUT2D eigenvalue weighted by molar-refractivity contribution is 0.662. The van der Waals surface area contributed by atoms with Crippen LogP contribution >= 0.6 is 0 Å². The zero-order valence-corrected chi connectivity index (χ0v) is 29.6. The molecule has 10 rings (SSSR count). The molecule has 0 N–H and O–H groups in total. The molecule has 0 aliphatic heterocycles. The van der Waals surface area contributed by atoms with Crippen molar-refractivity contribution in [3.8, 4) is 33.4 Å². The number of fused-ring (bicyclic) bond motifs is 6. The summed E-state index contributed by atoms with van der Waals surface area (Å²) in [6.45, 7) is 4.53. The van der Waals surface area contributed by atoms with Crippen LogP contribution in [0.1, 0.15) is 54.1 Å². The summed E-state index contributed by atoms with van der Waals surface area (Å²) in [5.74, 6) is 0. The first-order chi connectivity index (χ1) is 28.2. The first-order valence-electron chi connectivity index (χ1n) is 20.7. The molecule has 0 radical (unpaired) electrons. The number of para-hydroxylation sites is 2. The number of anilines is 3. The van der Waals surface area contributed by atoms with Gasteiger partial charge in [0.1, 0.15) is 0 Å². The summed E-state index contributed by atoms with van der Waals surface area (Å²) in [6, 6.07) is 57.4. The van der Waals surface area contributed by atoms with Crippen molar-refractivity contribution in [2.24, 2.45) is 0 Å². The third-order valence-corrected chi connectivity index (χ3v) is 11.4. The van der Waals surface area contributed by atoms with Crippen LogP contribution in [0.4, 0.5) is 17.1 Å². The summed E-state index contributed by atoms with van der Waals surface area (Å²) in [4.78, 5) is 1.90. The third kappa shape index (κ3) is 4.57. The monoisotopic (exact) mass is 682 g/mol. The van der Waals surface area contributed by atoms with E-state index < -0.39 is 11.5 Å². The van der Waals surface area contributed by atoms with Crippen molar-refractivity contribution >= 4 is 17.1 Å².